The summed E-state index contributed by atoms with van der Waals surface area (Å²) in [7, 11) is -2.15. The number of fused-ring (bicyclic) bond motifs is 1. The van der Waals surface area contributed by atoms with E-state index in [0.717, 1.165) is 21.7 Å². The molecule has 0 bridgehead atoms. The average Bonchev–Trinajstić information content (AvgIpc) is 3.54. The minimum absolute atomic E-state index is 0.0306. The van der Waals surface area contributed by atoms with Crippen molar-refractivity contribution in [3.05, 3.63) is 48.0 Å². The van der Waals surface area contributed by atoms with Crippen LogP contribution in [0.5, 0.6) is 0 Å². The first-order chi connectivity index (χ1) is 26.0. The second-order valence-corrected chi connectivity index (χ2v) is 18.9. The van der Waals surface area contributed by atoms with E-state index in [-0.39, 0.29) is 32.5 Å². The van der Waals surface area contributed by atoms with Gasteiger partial charge < -0.3 is 35.8 Å². The molecule has 17 heteroatoms. The molecule has 0 aliphatic carbocycles. The summed E-state index contributed by atoms with van der Waals surface area (Å²) in [6.07, 6.45) is 2.11. The Hall–Kier alpha value is -4.51. The highest BCUT2D eigenvalue weighted by atomic mass is 32.2. The number of rotatable bonds is 15. The molecule has 0 saturated carbocycles. The lowest BCUT2D eigenvalue weighted by molar-refractivity contribution is -0.143. The Labute approximate surface area is 331 Å². The molecule has 56 heavy (non-hydrogen) atoms. The molecule has 6 amide bonds. The number of nitrogens with zero attached hydrogens (tertiary/aromatic N) is 3. The van der Waals surface area contributed by atoms with Gasteiger partial charge in [-0.05, 0) is 34.8 Å². The minimum Gasteiger partial charge on any atom is -0.444 e. The van der Waals surface area contributed by atoms with E-state index >= 15 is 0 Å². The van der Waals surface area contributed by atoms with Crippen LogP contribution in [0.15, 0.2) is 36.9 Å². The molecule has 16 nitrogen and oxygen atoms in total. The lowest BCUT2D eigenvalue weighted by atomic mass is 9.85. The van der Waals surface area contributed by atoms with Crippen molar-refractivity contribution >= 4 is 45.7 Å². The number of sulfonamides is 1. The molecule has 5 atom stereocenters. The zero-order valence-electron chi connectivity index (χ0n) is 34.3. The van der Waals surface area contributed by atoms with E-state index < -0.39 is 86.8 Å². The molecule has 2 aliphatic rings. The third-order valence-electron chi connectivity index (χ3n) is 10.1. The molecule has 0 spiro atoms. The number of hydrogen-bond donors (Lipinski definition) is 4. The van der Waals surface area contributed by atoms with Crippen molar-refractivity contribution in [3.8, 4) is 0 Å². The van der Waals surface area contributed by atoms with Crippen LogP contribution in [-0.2, 0) is 46.9 Å². The van der Waals surface area contributed by atoms with Crippen molar-refractivity contribution < 1.29 is 41.9 Å². The van der Waals surface area contributed by atoms with Crippen LogP contribution >= 0.6 is 0 Å². The van der Waals surface area contributed by atoms with E-state index in [4.69, 9.17) is 4.74 Å². The fourth-order valence-corrected chi connectivity index (χ4v) is 6.97. The Morgan fingerprint density at radius 1 is 1.00 bits per heavy atom. The summed E-state index contributed by atoms with van der Waals surface area (Å²) >= 11 is 0. The minimum atomic E-state index is -3.56. The van der Waals surface area contributed by atoms with E-state index in [1.807, 2.05) is 45.0 Å². The number of amides is 6. The molecule has 1 aromatic rings. The summed E-state index contributed by atoms with van der Waals surface area (Å²) in [4.78, 5) is 84.3. The first kappa shape index (κ1) is 45.9. The monoisotopic (exact) mass is 803 g/mol. The first-order valence-electron chi connectivity index (χ1n) is 19.0. The molecule has 3 rings (SSSR count). The van der Waals surface area contributed by atoms with Crippen molar-refractivity contribution in [3.63, 3.8) is 0 Å². The van der Waals surface area contributed by atoms with Gasteiger partial charge in [-0.25, -0.2) is 22.3 Å². The maximum absolute atomic E-state index is 14.6. The smallest absolute Gasteiger partial charge is 0.410 e. The molecule has 2 heterocycles. The van der Waals surface area contributed by atoms with Crippen molar-refractivity contribution in [2.75, 3.05) is 39.5 Å². The summed E-state index contributed by atoms with van der Waals surface area (Å²) in [6, 6.07) is 2.78. The highest BCUT2D eigenvalue weighted by Crippen LogP contribution is 2.29. The number of carbonyl (C=O) groups is 6. The van der Waals surface area contributed by atoms with Gasteiger partial charge >= 0.3 is 12.1 Å². The highest BCUT2D eigenvalue weighted by Gasteiger charge is 2.47. The first-order valence-corrected chi connectivity index (χ1v) is 20.9. The number of likely N-dealkylation sites (N-methyl/N-ethyl adjacent to an activating group) is 1. The Morgan fingerprint density at radius 3 is 2.21 bits per heavy atom. The summed E-state index contributed by atoms with van der Waals surface area (Å²) < 4.78 is 31.5. The number of hydrogen-bond acceptors (Lipinski definition) is 9. The summed E-state index contributed by atoms with van der Waals surface area (Å²) in [5.74, 6) is -3.11. The van der Waals surface area contributed by atoms with Gasteiger partial charge in [0.1, 0.15) is 18.2 Å². The quantitative estimate of drug-likeness (QED) is 0.152. The Kier molecular flexibility index (Phi) is 15.6. The fourth-order valence-electron chi connectivity index (χ4n) is 6.55. The Balaban J connectivity index is 1.91. The van der Waals surface area contributed by atoms with E-state index in [1.165, 1.54) is 18.0 Å². The average molecular weight is 804 g/mol. The van der Waals surface area contributed by atoms with Gasteiger partial charge in [0.15, 0.2) is 0 Å². The van der Waals surface area contributed by atoms with Crippen molar-refractivity contribution in [1.82, 2.24) is 35.4 Å². The van der Waals surface area contributed by atoms with Gasteiger partial charge in [0, 0.05) is 45.7 Å². The number of benzene rings is 1. The van der Waals surface area contributed by atoms with Crippen molar-refractivity contribution in [2.45, 2.75) is 111 Å². The van der Waals surface area contributed by atoms with Crippen molar-refractivity contribution in [1.29, 1.82) is 0 Å². The zero-order chi connectivity index (χ0) is 42.2. The zero-order valence-corrected chi connectivity index (χ0v) is 35.1. The van der Waals surface area contributed by atoms with E-state index in [1.54, 1.807) is 32.6 Å². The standard InChI is InChI=1S/C39H61N7O9S/c1-11-15-28(31(47)34(49)40-19-12-2)41-33(48)29-21-27(55-37(52)45-20-18-25-16-13-14-17-26(25)22-45)23-46(29)35(50)32(39(6,7)8)43-36(51)42-30(38(3,4)5)24-44(9)56(10,53)54/h12-14,16-17,27-30,32H,2,11,15,18-24H2,1,3-10H3,(H,40,49)(H,41,48)(H2,42,43,51). The predicted molar refractivity (Wildman–Crippen MR) is 212 cm³/mol. The summed E-state index contributed by atoms with van der Waals surface area (Å²) in [5.41, 5.74) is 0.643. The maximum atomic E-state index is 14.6. The van der Waals surface area contributed by atoms with Crippen LogP contribution in [0, 0.1) is 10.8 Å². The number of Topliss-reactive ketones (excluding diaryl/α,β-unsaturated/α-hetero) is 1. The number of ketones is 1. The molecule has 0 aromatic heterocycles. The van der Waals surface area contributed by atoms with E-state index in [2.05, 4.69) is 27.8 Å². The Morgan fingerprint density at radius 2 is 1.64 bits per heavy atom. The van der Waals surface area contributed by atoms with Crippen LogP contribution in [0.1, 0.15) is 78.9 Å². The maximum Gasteiger partial charge on any atom is 0.410 e. The molecular formula is C39H61N7O9S. The van der Waals surface area contributed by atoms with Gasteiger partial charge in [-0.2, -0.15) is 0 Å². The van der Waals surface area contributed by atoms with Gasteiger partial charge in [0.2, 0.25) is 27.6 Å². The SMILES string of the molecule is C=CCNC(=O)C(=O)C(CCC)NC(=O)C1CC(OC(=O)N2CCc3ccccc3C2)CN1C(=O)C(NC(=O)NC(CN(C)S(C)(=O)=O)C(C)(C)C)C(C)(C)C. The number of nitrogens with one attached hydrogen (secondary N) is 4. The van der Waals surface area contributed by atoms with Crippen LogP contribution in [-0.4, -0.2) is 128 Å². The van der Waals surface area contributed by atoms with Crippen LogP contribution < -0.4 is 21.3 Å². The fraction of sp³-hybridized carbons (Fsp3) is 0.641. The molecule has 1 saturated heterocycles. The molecule has 2 aliphatic heterocycles. The number of carbonyl (C=O) groups excluding carboxylic acids is 6. The largest absolute Gasteiger partial charge is 0.444 e. The molecule has 312 valence electrons. The van der Waals surface area contributed by atoms with Crippen LogP contribution in [0.25, 0.3) is 0 Å². The number of ether oxygens (including phenoxy) is 1. The number of likely N-dealkylation sites (tertiary alicyclic amines) is 1. The molecular weight excluding hydrogens is 743 g/mol. The topological polar surface area (TPSA) is 204 Å². The predicted octanol–water partition coefficient (Wildman–Crippen LogP) is 2.33. The Bertz CT molecular complexity index is 1740. The van der Waals surface area contributed by atoms with Crippen molar-refractivity contribution in [2.24, 2.45) is 10.8 Å². The highest BCUT2D eigenvalue weighted by molar-refractivity contribution is 7.88. The van der Waals surface area contributed by atoms with Gasteiger partial charge in [-0.1, -0.05) is 85.2 Å². The molecule has 5 unspecified atom stereocenters. The second-order valence-electron chi connectivity index (χ2n) is 16.8. The molecule has 1 fully saturated rings. The summed E-state index contributed by atoms with van der Waals surface area (Å²) in [6.45, 7) is 16.7. The molecule has 4 N–H and O–H groups in total. The second kappa shape index (κ2) is 19.1. The molecule has 1 aromatic carbocycles. The van der Waals surface area contributed by atoms with Crippen LogP contribution in [0.4, 0.5) is 9.59 Å². The summed E-state index contributed by atoms with van der Waals surface area (Å²) in [5, 5.41) is 10.7. The lowest BCUT2D eigenvalue weighted by Gasteiger charge is -2.37. The van der Waals surface area contributed by atoms with E-state index in [0.29, 0.717) is 25.9 Å². The number of urea groups is 1. The normalized spacial score (nSPS) is 18.9. The van der Waals surface area contributed by atoms with Crippen LogP contribution in [0.3, 0.4) is 0 Å². The van der Waals surface area contributed by atoms with E-state index in [9.17, 15) is 37.2 Å². The lowest BCUT2D eigenvalue weighted by Crippen LogP contribution is -2.62. The third-order valence-corrected chi connectivity index (χ3v) is 11.4. The molecule has 0 radical (unpaired) electrons. The van der Waals surface area contributed by atoms with Crippen LogP contribution in [0.2, 0.25) is 0 Å². The van der Waals surface area contributed by atoms with Gasteiger partial charge in [-0.3, -0.25) is 19.2 Å². The third kappa shape index (κ3) is 12.5. The van der Waals surface area contributed by atoms with Gasteiger partial charge in [0.05, 0.1) is 18.8 Å². The van der Waals surface area contributed by atoms with Gasteiger partial charge in [0.25, 0.3) is 5.91 Å². The van der Waals surface area contributed by atoms with Gasteiger partial charge in [-0.15, -0.1) is 6.58 Å².